The van der Waals surface area contributed by atoms with E-state index in [4.69, 9.17) is 0 Å². The molecule has 0 radical (unpaired) electrons. The molecule has 7 atom stereocenters. The minimum atomic E-state index is -1.65. The Kier molecular flexibility index (Phi) is 4.67. The zero-order chi connectivity index (χ0) is 21.4. The fraction of sp³-hybridized carbons (Fsp3) is 0.720. The highest BCUT2D eigenvalue weighted by molar-refractivity contribution is 6.83. The Morgan fingerprint density at radius 3 is 2.59 bits per heavy atom. The Morgan fingerprint density at radius 2 is 1.93 bits per heavy atom. The minimum Gasteiger partial charge on any atom is -0.393 e. The van der Waals surface area contributed by atoms with Gasteiger partial charge in [0.25, 0.3) is 0 Å². The summed E-state index contributed by atoms with van der Waals surface area (Å²) in [6.07, 6.45) is 6.02. The quantitative estimate of drug-likeness (QED) is 0.355. The van der Waals surface area contributed by atoms with Crippen LogP contribution in [0.5, 0.6) is 0 Å². The molecule has 3 fully saturated rings. The fourth-order valence-corrected chi connectivity index (χ4v) is 7.71. The van der Waals surface area contributed by atoms with Crippen LogP contribution in [0.3, 0.4) is 0 Å². The summed E-state index contributed by atoms with van der Waals surface area (Å²) in [5.74, 6) is 4.27. The predicted octanol–water partition coefficient (Wildman–Crippen LogP) is 4.27. The summed E-state index contributed by atoms with van der Waals surface area (Å²) in [5, 5.41) is 23.2. The lowest BCUT2D eigenvalue weighted by molar-refractivity contribution is -0.153. The first kappa shape index (κ1) is 21.1. The van der Waals surface area contributed by atoms with Crippen molar-refractivity contribution < 1.29 is 15.0 Å². The summed E-state index contributed by atoms with van der Waals surface area (Å²) < 4.78 is 0. The van der Waals surface area contributed by atoms with Gasteiger partial charge in [-0.15, -0.1) is 5.54 Å². The van der Waals surface area contributed by atoms with Gasteiger partial charge in [0.1, 0.15) is 8.07 Å². The molecule has 4 aliphatic rings. The van der Waals surface area contributed by atoms with Crippen molar-refractivity contribution in [1.82, 2.24) is 0 Å². The molecule has 0 amide bonds. The maximum atomic E-state index is 12.0. The molecule has 0 aromatic heterocycles. The Bertz CT molecular complexity index is 856. The molecule has 158 valence electrons. The molecule has 3 saturated carbocycles. The second-order valence-corrected chi connectivity index (χ2v) is 16.3. The van der Waals surface area contributed by atoms with E-state index in [0.29, 0.717) is 18.8 Å². The molecule has 0 bridgehead atoms. The van der Waals surface area contributed by atoms with Gasteiger partial charge in [0, 0.05) is 11.8 Å². The maximum Gasteiger partial charge on any atom is 0.155 e. The smallest absolute Gasteiger partial charge is 0.155 e. The van der Waals surface area contributed by atoms with Gasteiger partial charge in [-0.2, -0.15) is 0 Å². The fourth-order valence-electron chi connectivity index (χ4n) is 7.15. The highest BCUT2D eigenvalue weighted by atomic mass is 28.3. The molecular formula is C25H36O3Si. The summed E-state index contributed by atoms with van der Waals surface area (Å²) in [6, 6.07) is 0. The Hall–Kier alpha value is -1.15. The molecule has 1 unspecified atom stereocenters. The first-order chi connectivity index (χ1) is 13.3. The number of carbonyl (C=O) groups is 1. The molecule has 4 heteroatoms. The normalized spacial score (nSPS) is 46.8. The van der Waals surface area contributed by atoms with E-state index in [1.165, 1.54) is 5.57 Å². The predicted molar refractivity (Wildman–Crippen MR) is 119 cm³/mol. The average Bonchev–Trinajstić information content (AvgIpc) is 2.80. The van der Waals surface area contributed by atoms with Crippen LogP contribution in [0.2, 0.25) is 19.6 Å². The van der Waals surface area contributed by atoms with Gasteiger partial charge in [-0.1, -0.05) is 51.6 Å². The van der Waals surface area contributed by atoms with Crippen LogP contribution in [0.15, 0.2) is 23.8 Å². The van der Waals surface area contributed by atoms with Gasteiger partial charge in [0.2, 0.25) is 0 Å². The standard InChI is InChI=1S/C25H36O3Si/c1-16-13-20-19-8-7-17-14-18(26)9-10-23(17,2)22(19)21(27)15-24(20,3)25(16,28)11-12-29(4,5)6/h14,19-22,27-28H,1,7-10,13,15H2,2-6H3/t19?,20-,21-,22+,23-,24-,25-/m0/s1. The third kappa shape index (κ3) is 2.96. The number of fused-ring (bicyclic) bond motifs is 5. The van der Waals surface area contributed by atoms with Crippen LogP contribution in [-0.2, 0) is 4.79 Å². The number of aliphatic hydroxyl groups is 2. The number of hydrogen-bond acceptors (Lipinski definition) is 3. The van der Waals surface area contributed by atoms with E-state index in [-0.39, 0.29) is 23.0 Å². The zero-order valence-corrected chi connectivity index (χ0v) is 19.6. The van der Waals surface area contributed by atoms with Gasteiger partial charge in [-0.05, 0) is 66.9 Å². The van der Waals surface area contributed by atoms with Crippen molar-refractivity contribution in [2.24, 2.45) is 28.6 Å². The van der Waals surface area contributed by atoms with Crippen LogP contribution in [0.1, 0.15) is 52.4 Å². The number of rotatable bonds is 0. The zero-order valence-electron chi connectivity index (χ0n) is 18.6. The number of ketones is 1. The molecule has 0 spiro atoms. The van der Waals surface area contributed by atoms with Crippen molar-refractivity contribution in [3.05, 3.63) is 23.8 Å². The first-order valence-corrected chi connectivity index (χ1v) is 14.7. The minimum absolute atomic E-state index is 0.108. The second-order valence-electron chi connectivity index (χ2n) is 11.6. The molecule has 0 aliphatic heterocycles. The van der Waals surface area contributed by atoms with Crippen molar-refractivity contribution in [3.8, 4) is 11.5 Å². The van der Waals surface area contributed by atoms with E-state index >= 15 is 0 Å². The lowest BCUT2D eigenvalue weighted by Crippen LogP contribution is -2.59. The third-order valence-electron chi connectivity index (χ3n) is 8.71. The molecule has 3 nitrogen and oxygen atoms in total. The molecule has 0 saturated heterocycles. The Labute approximate surface area is 176 Å². The van der Waals surface area contributed by atoms with Gasteiger partial charge >= 0.3 is 0 Å². The van der Waals surface area contributed by atoms with E-state index in [9.17, 15) is 15.0 Å². The molecule has 0 aromatic carbocycles. The van der Waals surface area contributed by atoms with E-state index in [1.807, 2.05) is 6.08 Å². The monoisotopic (exact) mass is 412 g/mol. The van der Waals surface area contributed by atoms with E-state index in [2.05, 4.69) is 51.5 Å². The van der Waals surface area contributed by atoms with Crippen LogP contribution < -0.4 is 0 Å². The summed E-state index contributed by atoms with van der Waals surface area (Å²) >= 11 is 0. The maximum absolute atomic E-state index is 12.0. The van der Waals surface area contributed by atoms with Gasteiger partial charge < -0.3 is 10.2 Å². The lowest BCUT2D eigenvalue weighted by atomic mass is 9.45. The topological polar surface area (TPSA) is 57.5 Å². The summed E-state index contributed by atoms with van der Waals surface area (Å²) in [5.41, 5.74) is 3.65. The van der Waals surface area contributed by atoms with Crippen LogP contribution in [0, 0.1) is 40.0 Å². The number of hydrogen-bond donors (Lipinski definition) is 2. The van der Waals surface area contributed by atoms with Crippen molar-refractivity contribution in [2.75, 3.05) is 0 Å². The van der Waals surface area contributed by atoms with Crippen LogP contribution in [0.25, 0.3) is 0 Å². The molecular weight excluding hydrogens is 376 g/mol. The van der Waals surface area contributed by atoms with Crippen LogP contribution in [0.4, 0.5) is 0 Å². The third-order valence-corrected chi connectivity index (χ3v) is 9.58. The van der Waals surface area contributed by atoms with Gasteiger partial charge in [0.05, 0.1) is 6.10 Å². The molecule has 2 N–H and O–H groups in total. The summed E-state index contributed by atoms with van der Waals surface area (Å²) in [4.78, 5) is 12.0. The summed E-state index contributed by atoms with van der Waals surface area (Å²) in [6.45, 7) is 15.2. The first-order valence-electron chi connectivity index (χ1n) is 11.2. The van der Waals surface area contributed by atoms with E-state index in [0.717, 1.165) is 31.3 Å². The SMILES string of the molecule is C=C1C[C@H]2C3CCC4=CC(=O)CC[C@]4(C)[C@H]3[C@@H](O)C[C@]2(C)[C@]1(O)C#C[Si](C)(C)C. The van der Waals surface area contributed by atoms with Gasteiger partial charge in [0.15, 0.2) is 11.4 Å². The van der Waals surface area contributed by atoms with Crippen LogP contribution >= 0.6 is 0 Å². The largest absolute Gasteiger partial charge is 0.393 e. The van der Waals surface area contributed by atoms with Crippen molar-refractivity contribution in [2.45, 2.75) is 83.7 Å². The van der Waals surface area contributed by atoms with Crippen molar-refractivity contribution in [1.29, 1.82) is 0 Å². The van der Waals surface area contributed by atoms with Crippen molar-refractivity contribution in [3.63, 3.8) is 0 Å². The lowest BCUT2D eigenvalue weighted by Gasteiger charge is -2.60. The molecule has 0 heterocycles. The van der Waals surface area contributed by atoms with E-state index < -0.39 is 25.2 Å². The van der Waals surface area contributed by atoms with Gasteiger partial charge in [-0.3, -0.25) is 4.79 Å². The molecule has 4 rings (SSSR count). The van der Waals surface area contributed by atoms with E-state index in [1.54, 1.807) is 0 Å². The highest BCUT2D eigenvalue weighted by Crippen LogP contribution is 2.68. The Morgan fingerprint density at radius 1 is 1.24 bits per heavy atom. The average molecular weight is 413 g/mol. The highest BCUT2D eigenvalue weighted by Gasteiger charge is 2.67. The Balaban J connectivity index is 1.76. The van der Waals surface area contributed by atoms with Crippen LogP contribution in [-0.4, -0.2) is 35.8 Å². The number of allylic oxidation sites excluding steroid dienone is 1. The number of carbonyl (C=O) groups excluding carboxylic acids is 1. The second kappa shape index (κ2) is 6.42. The number of aliphatic hydroxyl groups excluding tert-OH is 1. The molecule has 0 aromatic rings. The molecule has 4 aliphatic carbocycles. The summed E-state index contributed by atoms with van der Waals surface area (Å²) in [7, 11) is -1.65. The molecule has 29 heavy (non-hydrogen) atoms. The van der Waals surface area contributed by atoms with Crippen molar-refractivity contribution >= 4 is 13.9 Å². The van der Waals surface area contributed by atoms with Gasteiger partial charge in [-0.25, -0.2) is 0 Å².